The average Bonchev–Trinajstić information content (AvgIpc) is 2.92. The normalized spacial score (nSPS) is 27.1. The lowest BCUT2D eigenvalue weighted by Crippen LogP contribution is -2.41. The molecule has 2 aliphatic heterocycles. The van der Waals surface area contributed by atoms with Gasteiger partial charge in [-0.25, -0.2) is 9.97 Å². The van der Waals surface area contributed by atoms with Crippen molar-refractivity contribution in [3.8, 4) is 0 Å². The molecule has 18 heavy (non-hydrogen) atoms. The fourth-order valence-corrected chi connectivity index (χ4v) is 4.17. The van der Waals surface area contributed by atoms with Gasteiger partial charge in [0.25, 0.3) is 0 Å². The van der Waals surface area contributed by atoms with E-state index >= 15 is 0 Å². The standard InChI is InChI=1S/C14H15N3S/c1-9-6-10-2-3-11(7-9)17(10)13-12-4-5-18-14(12)16-8-15-13/h4-5,8,10-11H,1-3,6-7H2. The predicted molar refractivity (Wildman–Crippen MR) is 75.1 cm³/mol. The number of anilines is 1. The molecule has 92 valence electrons. The Kier molecular flexibility index (Phi) is 2.21. The molecule has 0 spiro atoms. The third-order valence-electron chi connectivity index (χ3n) is 4.15. The van der Waals surface area contributed by atoms with Gasteiger partial charge in [0.15, 0.2) is 0 Å². The minimum absolute atomic E-state index is 0.606. The minimum Gasteiger partial charge on any atom is -0.349 e. The summed E-state index contributed by atoms with van der Waals surface area (Å²) < 4.78 is 0. The summed E-state index contributed by atoms with van der Waals surface area (Å²) in [7, 11) is 0. The second-order valence-corrected chi connectivity index (χ2v) is 6.18. The molecule has 2 bridgehead atoms. The second-order valence-electron chi connectivity index (χ2n) is 5.29. The Labute approximate surface area is 110 Å². The molecular weight excluding hydrogens is 242 g/mol. The van der Waals surface area contributed by atoms with Crippen molar-refractivity contribution in [2.24, 2.45) is 0 Å². The van der Waals surface area contributed by atoms with E-state index in [-0.39, 0.29) is 0 Å². The van der Waals surface area contributed by atoms with Crippen molar-refractivity contribution in [3.05, 3.63) is 29.9 Å². The highest BCUT2D eigenvalue weighted by atomic mass is 32.1. The van der Waals surface area contributed by atoms with Crippen LogP contribution in [0.3, 0.4) is 0 Å². The SMILES string of the molecule is C=C1CC2CCC(C1)N2c1ncnc2sccc12. The maximum Gasteiger partial charge on any atom is 0.141 e. The molecule has 0 saturated carbocycles. The highest BCUT2D eigenvalue weighted by Gasteiger charge is 2.39. The lowest BCUT2D eigenvalue weighted by molar-refractivity contribution is 0.547. The number of rotatable bonds is 1. The summed E-state index contributed by atoms with van der Waals surface area (Å²) in [5.41, 5.74) is 1.41. The summed E-state index contributed by atoms with van der Waals surface area (Å²) in [4.78, 5) is 12.5. The lowest BCUT2D eigenvalue weighted by Gasteiger charge is -2.37. The largest absolute Gasteiger partial charge is 0.349 e. The second kappa shape index (κ2) is 3.79. The molecule has 0 aliphatic carbocycles. The quantitative estimate of drug-likeness (QED) is 0.733. The van der Waals surface area contributed by atoms with Crippen LogP contribution in [0.15, 0.2) is 29.9 Å². The molecule has 2 aromatic rings. The van der Waals surface area contributed by atoms with Crippen LogP contribution in [0.1, 0.15) is 25.7 Å². The molecule has 2 aliphatic rings. The molecule has 4 heterocycles. The molecular formula is C14H15N3S. The van der Waals surface area contributed by atoms with E-state index in [2.05, 4.69) is 32.9 Å². The Morgan fingerprint density at radius 2 is 2.00 bits per heavy atom. The monoisotopic (exact) mass is 257 g/mol. The first-order chi connectivity index (χ1) is 8.83. The van der Waals surface area contributed by atoms with Crippen LogP contribution in [0, 0.1) is 0 Å². The van der Waals surface area contributed by atoms with E-state index < -0.39 is 0 Å². The molecule has 2 unspecified atom stereocenters. The van der Waals surface area contributed by atoms with Gasteiger partial charge >= 0.3 is 0 Å². The summed E-state index contributed by atoms with van der Waals surface area (Å²) in [6.45, 7) is 4.18. The van der Waals surface area contributed by atoms with Crippen LogP contribution in [0.25, 0.3) is 10.2 Å². The Balaban J connectivity index is 1.84. The van der Waals surface area contributed by atoms with E-state index in [0.717, 1.165) is 23.5 Å². The Morgan fingerprint density at radius 3 is 2.78 bits per heavy atom. The van der Waals surface area contributed by atoms with Crippen LogP contribution in [0.5, 0.6) is 0 Å². The molecule has 2 fully saturated rings. The number of fused-ring (bicyclic) bond motifs is 3. The van der Waals surface area contributed by atoms with Crippen LogP contribution in [0.4, 0.5) is 5.82 Å². The maximum atomic E-state index is 4.56. The molecule has 0 N–H and O–H groups in total. The Hall–Kier alpha value is -1.42. The first-order valence-corrected chi connectivity index (χ1v) is 7.34. The molecule has 0 amide bonds. The Bertz CT molecular complexity index is 602. The zero-order valence-electron chi connectivity index (χ0n) is 10.2. The first-order valence-electron chi connectivity index (χ1n) is 6.46. The summed E-state index contributed by atoms with van der Waals surface area (Å²) >= 11 is 1.69. The van der Waals surface area contributed by atoms with E-state index in [1.165, 1.54) is 23.8 Å². The Morgan fingerprint density at radius 1 is 1.22 bits per heavy atom. The average molecular weight is 257 g/mol. The molecule has 3 nitrogen and oxygen atoms in total. The van der Waals surface area contributed by atoms with Gasteiger partial charge in [0, 0.05) is 12.1 Å². The van der Waals surface area contributed by atoms with Gasteiger partial charge in [0.05, 0.1) is 5.39 Å². The topological polar surface area (TPSA) is 29.0 Å². The van der Waals surface area contributed by atoms with Gasteiger partial charge in [-0.15, -0.1) is 11.3 Å². The van der Waals surface area contributed by atoms with Gasteiger partial charge in [-0.3, -0.25) is 0 Å². The van der Waals surface area contributed by atoms with E-state index in [9.17, 15) is 0 Å². The van der Waals surface area contributed by atoms with E-state index in [4.69, 9.17) is 0 Å². The van der Waals surface area contributed by atoms with Crippen molar-refractivity contribution in [1.29, 1.82) is 0 Å². The van der Waals surface area contributed by atoms with Gasteiger partial charge in [-0.1, -0.05) is 12.2 Å². The summed E-state index contributed by atoms with van der Waals surface area (Å²) in [6, 6.07) is 3.36. The van der Waals surface area contributed by atoms with E-state index in [1.54, 1.807) is 17.7 Å². The third-order valence-corrected chi connectivity index (χ3v) is 4.97. The summed E-state index contributed by atoms with van der Waals surface area (Å²) in [5, 5.41) is 3.32. The summed E-state index contributed by atoms with van der Waals surface area (Å²) in [5.74, 6) is 1.14. The third kappa shape index (κ3) is 1.42. The molecule has 2 atom stereocenters. The highest BCUT2D eigenvalue weighted by Crippen LogP contribution is 2.42. The zero-order valence-corrected chi connectivity index (χ0v) is 11.0. The predicted octanol–water partition coefficient (Wildman–Crippen LogP) is 3.38. The number of piperidine rings is 1. The van der Waals surface area contributed by atoms with Crippen molar-refractivity contribution in [3.63, 3.8) is 0 Å². The molecule has 2 aromatic heterocycles. The van der Waals surface area contributed by atoms with Crippen LogP contribution in [-0.2, 0) is 0 Å². The van der Waals surface area contributed by atoms with Crippen LogP contribution in [0.2, 0.25) is 0 Å². The smallest absolute Gasteiger partial charge is 0.141 e. The highest BCUT2D eigenvalue weighted by molar-refractivity contribution is 7.16. The van der Waals surface area contributed by atoms with Crippen molar-refractivity contribution < 1.29 is 0 Å². The fourth-order valence-electron chi connectivity index (χ4n) is 3.44. The van der Waals surface area contributed by atoms with Crippen LogP contribution in [-0.4, -0.2) is 22.1 Å². The van der Waals surface area contributed by atoms with Gasteiger partial charge in [-0.2, -0.15) is 0 Å². The number of nitrogens with zero attached hydrogens (tertiary/aromatic N) is 3. The van der Waals surface area contributed by atoms with E-state index in [0.29, 0.717) is 12.1 Å². The zero-order chi connectivity index (χ0) is 12.1. The number of hydrogen-bond donors (Lipinski definition) is 0. The molecule has 4 rings (SSSR count). The summed E-state index contributed by atoms with van der Waals surface area (Å²) in [6.07, 6.45) is 6.52. The van der Waals surface area contributed by atoms with Crippen molar-refractivity contribution in [2.75, 3.05) is 4.90 Å². The number of aromatic nitrogens is 2. The van der Waals surface area contributed by atoms with Gasteiger partial charge in [-0.05, 0) is 37.1 Å². The minimum atomic E-state index is 0.606. The molecule has 0 aromatic carbocycles. The first kappa shape index (κ1) is 10.5. The van der Waals surface area contributed by atoms with Crippen molar-refractivity contribution >= 4 is 27.4 Å². The van der Waals surface area contributed by atoms with Gasteiger partial charge < -0.3 is 4.90 Å². The van der Waals surface area contributed by atoms with Gasteiger partial charge in [0.1, 0.15) is 17.0 Å². The van der Waals surface area contributed by atoms with Crippen LogP contribution >= 0.6 is 11.3 Å². The van der Waals surface area contributed by atoms with Crippen molar-refractivity contribution in [1.82, 2.24) is 9.97 Å². The molecule has 0 radical (unpaired) electrons. The maximum absolute atomic E-state index is 4.56. The number of thiophene rings is 1. The number of hydrogen-bond acceptors (Lipinski definition) is 4. The van der Waals surface area contributed by atoms with E-state index in [1.807, 2.05) is 0 Å². The van der Waals surface area contributed by atoms with Crippen LogP contribution < -0.4 is 4.90 Å². The lowest BCUT2D eigenvalue weighted by atomic mass is 9.98. The van der Waals surface area contributed by atoms with Crippen molar-refractivity contribution in [2.45, 2.75) is 37.8 Å². The fraction of sp³-hybridized carbons (Fsp3) is 0.429. The van der Waals surface area contributed by atoms with Gasteiger partial charge in [0.2, 0.25) is 0 Å². The molecule has 2 saturated heterocycles. The molecule has 4 heteroatoms.